The number of hydrogen-bond donors (Lipinski definition) is 1. The van der Waals surface area contributed by atoms with Crippen LogP contribution in [0.2, 0.25) is 5.02 Å². The molecule has 3 saturated carbocycles. The van der Waals surface area contributed by atoms with E-state index in [1.807, 2.05) is 19.9 Å². The summed E-state index contributed by atoms with van der Waals surface area (Å²) in [6, 6.07) is 5.32. The summed E-state index contributed by atoms with van der Waals surface area (Å²) in [5.74, 6) is 0.434. The number of nitrogens with one attached hydrogen (secondary N) is 1. The summed E-state index contributed by atoms with van der Waals surface area (Å²) in [4.78, 5) is 26.2. The van der Waals surface area contributed by atoms with Gasteiger partial charge < -0.3 is 15.0 Å². The van der Waals surface area contributed by atoms with Crippen LogP contribution in [0.5, 0.6) is 5.75 Å². The van der Waals surface area contributed by atoms with Gasteiger partial charge in [-0.15, -0.1) is 0 Å². The number of carbonyl (C=O) groups is 2. The second-order valence-electron chi connectivity index (χ2n) is 8.26. The van der Waals surface area contributed by atoms with E-state index in [9.17, 15) is 14.0 Å². The van der Waals surface area contributed by atoms with Crippen LogP contribution < -0.4 is 10.1 Å². The molecule has 3 aliphatic carbocycles. The number of likely N-dealkylation sites (N-methyl/N-ethyl adjacent to an activating group) is 1. The highest BCUT2D eigenvalue weighted by atomic mass is 35.5. The second kappa shape index (κ2) is 7.90. The molecule has 0 aliphatic heterocycles. The van der Waals surface area contributed by atoms with E-state index in [2.05, 4.69) is 5.32 Å². The van der Waals surface area contributed by atoms with Gasteiger partial charge in [0.05, 0.1) is 5.41 Å². The Kier molecular flexibility index (Phi) is 5.89. The van der Waals surface area contributed by atoms with Gasteiger partial charge in [-0.2, -0.15) is 0 Å². The Labute approximate surface area is 170 Å². The van der Waals surface area contributed by atoms with E-state index in [-0.39, 0.29) is 24.5 Å². The van der Waals surface area contributed by atoms with Gasteiger partial charge >= 0.3 is 0 Å². The molecule has 0 saturated heterocycles. The van der Waals surface area contributed by atoms with Gasteiger partial charge in [-0.25, -0.2) is 4.39 Å². The third-order valence-electron chi connectivity index (χ3n) is 6.11. The molecule has 0 radical (unpaired) electrons. The van der Waals surface area contributed by atoms with E-state index < -0.39 is 11.1 Å². The first kappa shape index (κ1) is 20.9. The quantitative estimate of drug-likeness (QED) is 0.677. The molecule has 0 aromatic heterocycles. The smallest absolute Gasteiger partial charge is 0.260 e. The van der Waals surface area contributed by atoms with E-state index in [0.717, 1.165) is 12.0 Å². The first-order valence-corrected chi connectivity index (χ1v) is 10.2. The molecule has 5 nitrogen and oxygen atoms in total. The van der Waals surface area contributed by atoms with Crippen molar-refractivity contribution in [3.8, 4) is 5.75 Å². The Bertz CT molecular complexity index is 750. The lowest BCUT2D eigenvalue weighted by atomic mass is 9.42. The minimum atomic E-state index is -1.07. The van der Waals surface area contributed by atoms with Crippen LogP contribution in [0.3, 0.4) is 0 Å². The molecule has 28 heavy (non-hydrogen) atoms. The van der Waals surface area contributed by atoms with Crippen molar-refractivity contribution < 1.29 is 18.7 Å². The molecule has 3 fully saturated rings. The highest BCUT2D eigenvalue weighted by Crippen LogP contribution is 2.69. The van der Waals surface area contributed by atoms with Crippen molar-refractivity contribution in [1.29, 1.82) is 0 Å². The molecule has 2 bridgehead atoms. The zero-order valence-electron chi connectivity index (χ0n) is 16.7. The molecular formula is C21H28ClFN2O3. The van der Waals surface area contributed by atoms with E-state index >= 15 is 0 Å². The van der Waals surface area contributed by atoms with Crippen LogP contribution in [0.1, 0.15) is 45.1 Å². The molecule has 0 spiro atoms. The number of rotatable bonds is 9. The second-order valence-corrected chi connectivity index (χ2v) is 8.66. The minimum absolute atomic E-state index is 0.0478. The Hall–Kier alpha value is -1.82. The van der Waals surface area contributed by atoms with Crippen LogP contribution in [0.15, 0.2) is 18.2 Å². The fourth-order valence-electron chi connectivity index (χ4n) is 4.09. The molecule has 1 atom stereocenters. The molecule has 4 rings (SSSR count). The predicted molar refractivity (Wildman–Crippen MR) is 106 cm³/mol. The first-order chi connectivity index (χ1) is 13.2. The van der Waals surface area contributed by atoms with Crippen molar-refractivity contribution in [2.24, 2.45) is 5.41 Å². The predicted octanol–water partition coefficient (Wildman–Crippen LogP) is 3.53. The number of carbonyl (C=O) groups excluding carboxylic acids is 2. The number of aryl methyl sites for hydroxylation is 1. The van der Waals surface area contributed by atoms with Crippen molar-refractivity contribution in [2.75, 3.05) is 20.2 Å². The molecule has 7 heteroatoms. The van der Waals surface area contributed by atoms with Crippen LogP contribution in [-0.2, 0) is 16.0 Å². The van der Waals surface area contributed by atoms with E-state index in [0.29, 0.717) is 43.0 Å². The number of halogens is 2. The Morgan fingerprint density at radius 3 is 2.64 bits per heavy atom. The number of amides is 2. The highest BCUT2D eigenvalue weighted by molar-refractivity contribution is 6.31. The molecule has 2 amide bonds. The summed E-state index contributed by atoms with van der Waals surface area (Å²) in [6.45, 7) is 4.35. The number of benzene rings is 1. The summed E-state index contributed by atoms with van der Waals surface area (Å²) in [5.41, 5.74) is -0.547. The summed E-state index contributed by atoms with van der Waals surface area (Å²) in [5, 5.41) is 3.58. The molecule has 1 aromatic rings. The monoisotopic (exact) mass is 410 g/mol. The lowest BCUT2D eigenvalue weighted by molar-refractivity contribution is -0.213. The average Bonchev–Trinajstić information content (AvgIpc) is 2.62. The van der Waals surface area contributed by atoms with Crippen molar-refractivity contribution in [3.05, 3.63) is 28.8 Å². The summed E-state index contributed by atoms with van der Waals surface area (Å²) in [6.07, 6.45) is 2.51. The van der Waals surface area contributed by atoms with Crippen LogP contribution in [0.4, 0.5) is 4.39 Å². The zero-order chi connectivity index (χ0) is 20.5. The third-order valence-corrected chi connectivity index (χ3v) is 6.48. The van der Waals surface area contributed by atoms with E-state index in [1.54, 1.807) is 24.1 Å². The van der Waals surface area contributed by atoms with Crippen molar-refractivity contribution >= 4 is 23.4 Å². The Morgan fingerprint density at radius 2 is 2.04 bits per heavy atom. The molecule has 0 heterocycles. The molecule has 154 valence electrons. The van der Waals surface area contributed by atoms with Crippen molar-refractivity contribution in [3.63, 3.8) is 0 Å². The van der Waals surface area contributed by atoms with Gasteiger partial charge in [0.25, 0.3) is 5.91 Å². The van der Waals surface area contributed by atoms with Gasteiger partial charge in [0.15, 0.2) is 6.61 Å². The molecule has 3 aliphatic rings. The van der Waals surface area contributed by atoms with E-state index in [1.165, 1.54) is 0 Å². The van der Waals surface area contributed by atoms with Gasteiger partial charge in [-0.05, 0) is 62.8 Å². The van der Waals surface area contributed by atoms with Crippen LogP contribution in [0, 0.1) is 5.41 Å². The normalized spacial score (nSPS) is 25.9. The highest BCUT2D eigenvalue weighted by Gasteiger charge is 2.72. The van der Waals surface area contributed by atoms with Gasteiger partial charge in [0.1, 0.15) is 11.4 Å². The summed E-state index contributed by atoms with van der Waals surface area (Å²) < 4.78 is 19.1. The van der Waals surface area contributed by atoms with Gasteiger partial charge in [0.2, 0.25) is 5.91 Å². The van der Waals surface area contributed by atoms with Crippen LogP contribution >= 0.6 is 11.6 Å². The third kappa shape index (κ3) is 4.12. The SMILES string of the molecule is CCc1cc(OCC(=O)N(C)C(C)CCNC(=O)C23CC(F)(C2)C3)ccc1Cl. The van der Waals surface area contributed by atoms with Gasteiger partial charge in [0, 0.05) is 24.7 Å². The molecule has 1 unspecified atom stereocenters. The molecule has 1 N–H and O–H groups in total. The average molecular weight is 411 g/mol. The first-order valence-electron chi connectivity index (χ1n) is 9.82. The Balaban J connectivity index is 1.38. The van der Waals surface area contributed by atoms with Crippen molar-refractivity contribution in [2.45, 2.75) is 57.7 Å². The number of hydrogen-bond acceptors (Lipinski definition) is 3. The maximum atomic E-state index is 13.5. The van der Waals surface area contributed by atoms with Crippen molar-refractivity contribution in [1.82, 2.24) is 10.2 Å². The summed E-state index contributed by atoms with van der Waals surface area (Å²) in [7, 11) is 1.73. The van der Waals surface area contributed by atoms with E-state index in [4.69, 9.17) is 16.3 Å². The zero-order valence-corrected chi connectivity index (χ0v) is 17.4. The number of ether oxygens (including phenoxy) is 1. The molecule has 1 aromatic carbocycles. The molecular weight excluding hydrogens is 383 g/mol. The largest absolute Gasteiger partial charge is 0.484 e. The number of alkyl halides is 1. The topological polar surface area (TPSA) is 58.6 Å². The van der Waals surface area contributed by atoms with Gasteiger partial charge in [-0.3, -0.25) is 9.59 Å². The summed E-state index contributed by atoms with van der Waals surface area (Å²) >= 11 is 6.09. The maximum absolute atomic E-state index is 13.5. The van der Waals surface area contributed by atoms with Crippen LogP contribution in [-0.4, -0.2) is 48.6 Å². The minimum Gasteiger partial charge on any atom is -0.484 e. The maximum Gasteiger partial charge on any atom is 0.260 e. The standard InChI is InChI=1S/C21H28ClFN2O3/c1-4-15-9-16(5-6-17(15)22)28-10-18(26)25(3)14(2)7-8-24-19(27)20-11-21(23,12-20)13-20/h5-6,9,14H,4,7-8,10-13H2,1-3H3,(H,24,27). The number of nitrogens with zero attached hydrogens (tertiary/aromatic N) is 1. The fourth-order valence-corrected chi connectivity index (χ4v) is 4.34. The van der Waals surface area contributed by atoms with Crippen LogP contribution in [0.25, 0.3) is 0 Å². The fraction of sp³-hybridized carbons (Fsp3) is 0.619. The Morgan fingerprint density at radius 1 is 1.36 bits per heavy atom. The lowest BCUT2D eigenvalue weighted by Crippen LogP contribution is -2.70. The van der Waals surface area contributed by atoms with Gasteiger partial charge in [-0.1, -0.05) is 18.5 Å². The lowest BCUT2D eigenvalue weighted by Gasteiger charge is -2.64.